The zero-order chi connectivity index (χ0) is 16.8. The van der Waals surface area contributed by atoms with E-state index >= 15 is 0 Å². The first-order valence-corrected chi connectivity index (χ1v) is 8.45. The minimum atomic E-state index is -0.0752. The summed E-state index contributed by atoms with van der Waals surface area (Å²) in [5.41, 5.74) is 2.67. The Bertz CT molecular complexity index is 921. The minimum absolute atomic E-state index is 0.0752. The van der Waals surface area contributed by atoms with Crippen LogP contribution < -0.4 is 4.74 Å². The molecule has 0 spiro atoms. The average molecular weight is 335 g/mol. The van der Waals surface area contributed by atoms with E-state index in [2.05, 4.69) is 11.2 Å². The number of amides is 1. The lowest BCUT2D eigenvalue weighted by Gasteiger charge is -2.25. The van der Waals surface area contributed by atoms with E-state index in [-0.39, 0.29) is 5.91 Å². The minimum Gasteiger partial charge on any atom is -0.476 e. The van der Waals surface area contributed by atoms with Gasteiger partial charge in [0.05, 0.1) is 13.1 Å². The van der Waals surface area contributed by atoms with Gasteiger partial charge in [-0.25, -0.2) is 4.68 Å². The van der Waals surface area contributed by atoms with Gasteiger partial charge in [-0.2, -0.15) is 5.10 Å². The van der Waals surface area contributed by atoms with Gasteiger partial charge >= 0.3 is 0 Å². The molecule has 2 aromatic heterocycles. The van der Waals surface area contributed by atoms with E-state index in [4.69, 9.17) is 9.15 Å². The second-order valence-corrected chi connectivity index (χ2v) is 6.34. The molecule has 1 aromatic carbocycles. The van der Waals surface area contributed by atoms with E-state index in [1.165, 1.54) is 5.56 Å². The fraction of sp³-hybridized carbons (Fsp3) is 0.263. The number of carbonyl (C=O) groups is 1. The number of nitrogens with zero attached hydrogens (tertiary/aromatic N) is 3. The summed E-state index contributed by atoms with van der Waals surface area (Å²) < 4.78 is 13.2. The Hall–Kier alpha value is -3.02. The number of hydrogen-bond acceptors (Lipinski definition) is 4. The van der Waals surface area contributed by atoms with Crippen LogP contribution in [-0.4, -0.2) is 33.7 Å². The maximum atomic E-state index is 12.7. The van der Waals surface area contributed by atoms with Gasteiger partial charge in [-0.05, 0) is 18.1 Å². The summed E-state index contributed by atoms with van der Waals surface area (Å²) in [5, 5.41) is 4.34. The Morgan fingerprint density at radius 3 is 2.84 bits per heavy atom. The van der Waals surface area contributed by atoms with Crippen molar-refractivity contribution in [2.75, 3.05) is 13.2 Å². The SMILES string of the molecule is O=C(c1cc2n(n1)CCO2)N1CCc2cc(-c3ccccc3)oc2C1. The van der Waals surface area contributed by atoms with Crippen LogP contribution in [0.3, 0.4) is 0 Å². The molecule has 25 heavy (non-hydrogen) atoms. The average Bonchev–Trinajstić information content (AvgIpc) is 3.35. The van der Waals surface area contributed by atoms with Crippen LogP contribution in [0.15, 0.2) is 46.9 Å². The summed E-state index contributed by atoms with van der Waals surface area (Å²) in [4.78, 5) is 14.5. The molecule has 6 nitrogen and oxygen atoms in total. The van der Waals surface area contributed by atoms with Gasteiger partial charge in [0.1, 0.15) is 18.1 Å². The number of fused-ring (bicyclic) bond motifs is 2. The molecule has 0 saturated heterocycles. The van der Waals surface area contributed by atoms with Crippen LogP contribution in [0.4, 0.5) is 0 Å². The standard InChI is InChI=1S/C19H17N3O3/c23-19(15-11-18-22(20-15)8-9-24-18)21-7-6-14-10-16(25-17(14)12-21)13-4-2-1-3-5-13/h1-5,10-11H,6-9,12H2. The van der Waals surface area contributed by atoms with E-state index < -0.39 is 0 Å². The van der Waals surface area contributed by atoms with Crippen molar-refractivity contribution >= 4 is 5.91 Å². The van der Waals surface area contributed by atoms with E-state index in [1.54, 1.807) is 15.6 Å². The van der Waals surface area contributed by atoms with Gasteiger partial charge in [0.25, 0.3) is 5.91 Å². The van der Waals surface area contributed by atoms with Crippen molar-refractivity contribution in [2.24, 2.45) is 0 Å². The summed E-state index contributed by atoms with van der Waals surface area (Å²) in [5.74, 6) is 2.31. The Kier molecular flexibility index (Phi) is 3.16. The molecule has 2 aliphatic rings. The molecule has 0 fully saturated rings. The normalized spacial score (nSPS) is 15.6. The number of hydrogen-bond donors (Lipinski definition) is 0. The molecule has 0 unspecified atom stereocenters. The molecule has 4 heterocycles. The van der Waals surface area contributed by atoms with Crippen molar-refractivity contribution in [3.05, 3.63) is 59.5 Å². The molecular formula is C19H17N3O3. The van der Waals surface area contributed by atoms with Crippen molar-refractivity contribution in [2.45, 2.75) is 19.5 Å². The highest BCUT2D eigenvalue weighted by Crippen LogP contribution is 2.30. The molecule has 3 aromatic rings. The van der Waals surface area contributed by atoms with Crippen LogP contribution >= 0.6 is 0 Å². The third kappa shape index (κ3) is 2.41. The molecule has 1 amide bonds. The van der Waals surface area contributed by atoms with Gasteiger partial charge in [-0.15, -0.1) is 0 Å². The topological polar surface area (TPSA) is 60.5 Å². The molecule has 0 aliphatic carbocycles. The van der Waals surface area contributed by atoms with Crippen LogP contribution in [0, 0.1) is 0 Å². The van der Waals surface area contributed by atoms with Gasteiger partial charge in [0, 0.05) is 18.2 Å². The predicted octanol–water partition coefficient (Wildman–Crippen LogP) is 2.73. The molecule has 0 saturated carbocycles. The van der Waals surface area contributed by atoms with Crippen molar-refractivity contribution in [1.82, 2.24) is 14.7 Å². The van der Waals surface area contributed by atoms with E-state index in [0.717, 1.165) is 23.5 Å². The van der Waals surface area contributed by atoms with E-state index in [1.807, 2.05) is 30.3 Å². The van der Waals surface area contributed by atoms with Crippen molar-refractivity contribution in [1.29, 1.82) is 0 Å². The summed E-state index contributed by atoms with van der Waals surface area (Å²) in [6, 6.07) is 13.8. The van der Waals surface area contributed by atoms with Gasteiger partial charge in [0.15, 0.2) is 5.69 Å². The summed E-state index contributed by atoms with van der Waals surface area (Å²) in [7, 11) is 0. The first-order chi connectivity index (χ1) is 12.3. The molecule has 0 N–H and O–H groups in total. The number of furan rings is 1. The smallest absolute Gasteiger partial charge is 0.274 e. The molecule has 5 rings (SSSR count). The zero-order valence-electron chi connectivity index (χ0n) is 13.6. The quantitative estimate of drug-likeness (QED) is 0.722. The van der Waals surface area contributed by atoms with Crippen molar-refractivity contribution < 1.29 is 13.9 Å². The van der Waals surface area contributed by atoms with Gasteiger partial charge < -0.3 is 14.1 Å². The van der Waals surface area contributed by atoms with Crippen molar-refractivity contribution in [3.8, 4) is 17.2 Å². The summed E-state index contributed by atoms with van der Waals surface area (Å²) in [6.07, 6.45) is 0.793. The fourth-order valence-electron chi connectivity index (χ4n) is 3.42. The Morgan fingerprint density at radius 2 is 2.00 bits per heavy atom. The predicted molar refractivity (Wildman–Crippen MR) is 90.3 cm³/mol. The van der Waals surface area contributed by atoms with Gasteiger partial charge in [-0.3, -0.25) is 4.79 Å². The molecule has 126 valence electrons. The maximum Gasteiger partial charge on any atom is 0.274 e. The third-order valence-corrected chi connectivity index (χ3v) is 4.74. The second kappa shape index (κ2) is 5.51. The second-order valence-electron chi connectivity index (χ2n) is 6.34. The fourth-order valence-corrected chi connectivity index (χ4v) is 3.42. The van der Waals surface area contributed by atoms with Gasteiger partial charge in [0.2, 0.25) is 5.88 Å². The monoisotopic (exact) mass is 335 g/mol. The first-order valence-electron chi connectivity index (χ1n) is 8.45. The molecule has 0 radical (unpaired) electrons. The lowest BCUT2D eigenvalue weighted by atomic mass is 10.1. The number of ether oxygens (including phenoxy) is 1. The number of benzene rings is 1. The first kappa shape index (κ1) is 14.3. The van der Waals surface area contributed by atoms with Crippen LogP contribution in [0.2, 0.25) is 0 Å². The number of rotatable bonds is 2. The summed E-state index contributed by atoms with van der Waals surface area (Å²) >= 11 is 0. The molecule has 0 atom stereocenters. The third-order valence-electron chi connectivity index (χ3n) is 4.74. The highest BCUT2D eigenvalue weighted by atomic mass is 16.5. The van der Waals surface area contributed by atoms with Crippen LogP contribution in [0.1, 0.15) is 21.8 Å². The van der Waals surface area contributed by atoms with Crippen LogP contribution in [-0.2, 0) is 19.5 Å². The highest BCUT2D eigenvalue weighted by Gasteiger charge is 2.28. The van der Waals surface area contributed by atoms with Crippen LogP contribution in [0.5, 0.6) is 5.88 Å². The van der Waals surface area contributed by atoms with E-state index in [0.29, 0.717) is 37.8 Å². The Labute approximate surface area is 144 Å². The lowest BCUT2D eigenvalue weighted by Crippen LogP contribution is -2.35. The number of aromatic nitrogens is 2. The molecule has 2 aliphatic heterocycles. The molecule has 6 heteroatoms. The summed E-state index contributed by atoms with van der Waals surface area (Å²) in [6.45, 7) is 2.47. The Morgan fingerprint density at radius 1 is 1.12 bits per heavy atom. The van der Waals surface area contributed by atoms with Gasteiger partial charge in [-0.1, -0.05) is 30.3 Å². The zero-order valence-corrected chi connectivity index (χ0v) is 13.6. The molecule has 0 bridgehead atoms. The molecular weight excluding hydrogens is 318 g/mol. The van der Waals surface area contributed by atoms with Crippen molar-refractivity contribution in [3.63, 3.8) is 0 Å². The Balaban J connectivity index is 1.38. The van der Waals surface area contributed by atoms with E-state index in [9.17, 15) is 4.79 Å². The lowest BCUT2D eigenvalue weighted by molar-refractivity contribution is 0.0713. The highest BCUT2D eigenvalue weighted by molar-refractivity contribution is 5.92. The number of carbonyl (C=O) groups excluding carboxylic acids is 1. The van der Waals surface area contributed by atoms with Crippen LogP contribution in [0.25, 0.3) is 11.3 Å². The largest absolute Gasteiger partial charge is 0.476 e. The maximum absolute atomic E-state index is 12.7.